The van der Waals surface area contributed by atoms with E-state index in [9.17, 15) is 0 Å². The quantitative estimate of drug-likeness (QED) is 0.653. The molecule has 1 heterocycles. The second kappa shape index (κ2) is 5.45. The van der Waals surface area contributed by atoms with Crippen molar-refractivity contribution in [2.75, 3.05) is 24.0 Å². The normalized spacial score (nSPS) is 13.0. The summed E-state index contributed by atoms with van der Waals surface area (Å²) in [5.41, 5.74) is 5.91. The second-order valence-electron chi connectivity index (χ2n) is 5.81. The fourth-order valence-electron chi connectivity index (χ4n) is 3.21. The van der Waals surface area contributed by atoms with Gasteiger partial charge in [-0.2, -0.15) is 0 Å². The SMILES string of the molecule is CN(C)N1c2ccccc2N(c2ccccc2)c2ccccc21. The zero-order valence-corrected chi connectivity index (χ0v) is 13.3. The molecule has 3 heteroatoms. The van der Waals surface area contributed by atoms with Gasteiger partial charge in [0.05, 0.1) is 22.7 Å². The summed E-state index contributed by atoms with van der Waals surface area (Å²) in [5, 5.41) is 4.38. The third-order valence-corrected chi connectivity index (χ3v) is 4.12. The van der Waals surface area contributed by atoms with Crippen LogP contribution in [-0.2, 0) is 0 Å². The summed E-state index contributed by atoms with van der Waals surface area (Å²) >= 11 is 0. The van der Waals surface area contributed by atoms with Crippen molar-refractivity contribution in [3.05, 3.63) is 78.9 Å². The minimum Gasteiger partial charge on any atom is -0.306 e. The average molecular weight is 301 g/mol. The number of hydrogen-bond acceptors (Lipinski definition) is 3. The standard InChI is InChI=1S/C20H19N3/c1-21(2)23-19-14-8-6-12-17(19)22(16-10-4-3-5-11-16)18-13-7-9-15-20(18)23/h3-15H,1-2H3. The van der Waals surface area contributed by atoms with Gasteiger partial charge in [-0.3, -0.25) is 5.01 Å². The molecule has 0 saturated heterocycles. The molecular weight excluding hydrogens is 282 g/mol. The van der Waals surface area contributed by atoms with Gasteiger partial charge in [-0.05, 0) is 36.4 Å². The van der Waals surface area contributed by atoms with Gasteiger partial charge in [0, 0.05) is 19.8 Å². The fraction of sp³-hybridized carbons (Fsp3) is 0.100. The minimum absolute atomic E-state index is 1.17. The number of rotatable bonds is 2. The Morgan fingerprint density at radius 2 is 1.00 bits per heavy atom. The molecule has 0 spiro atoms. The molecule has 3 aromatic rings. The first kappa shape index (κ1) is 13.9. The van der Waals surface area contributed by atoms with Crippen molar-refractivity contribution >= 4 is 28.4 Å². The van der Waals surface area contributed by atoms with Crippen molar-refractivity contribution in [1.29, 1.82) is 0 Å². The molecule has 0 amide bonds. The van der Waals surface area contributed by atoms with Gasteiger partial charge in [0.1, 0.15) is 0 Å². The van der Waals surface area contributed by atoms with Gasteiger partial charge < -0.3 is 4.90 Å². The number of benzene rings is 3. The van der Waals surface area contributed by atoms with E-state index in [-0.39, 0.29) is 0 Å². The molecule has 4 rings (SSSR count). The molecule has 0 fully saturated rings. The first-order valence-electron chi connectivity index (χ1n) is 7.78. The average Bonchev–Trinajstić information content (AvgIpc) is 2.59. The predicted octanol–water partition coefficient (Wildman–Crippen LogP) is 5.08. The van der Waals surface area contributed by atoms with Gasteiger partial charge >= 0.3 is 0 Å². The molecule has 0 aliphatic carbocycles. The summed E-state index contributed by atoms with van der Waals surface area (Å²) in [7, 11) is 4.15. The van der Waals surface area contributed by atoms with Crippen molar-refractivity contribution in [2.45, 2.75) is 0 Å². The maximum atomic E-state index is 2.32. The van der Waals surface area contributed by atoms with Crippen LogP contribution in [0.25, 0.3) is 0 Å². The van der Waals surface area contributed by atoms with E-state index in [0.29, 0.717) is 0 Å². The van der Waals surface area contributed by atoms with Gasteiger partial charge in [0.25, 0.3) is 0 Å². The van der Waals surface area contributed by atoms with Crippen molar-refractivity contribution < 1.29 is 0 Å². The molecule has 0 saturated carbocycles. The lowest BCUT2D eigenvalue weighted by Crippen LogP contribution is -2.37. The van der Waals surface area contributed by atoms with E-state index in [1.807, 2.05) is 0 Å². The van der Waals surface area contributed by atoms with Crippen LogP contribution < -0.4 is 9.91 Å². The van der Waals surface area contributed by atoms with Crippen LogP contribution in [0, 0.1) is 0 Å². The van der Waals surface area contributed by atoms with Crippen molar-refractivity contribution in [3.8, 4) is 0 Å². The molecule has 1 aliphatic heterocycles. The Morgan fingerprint density at radius 1 is 0.565 bits per heavy atom. The monoisotopic (exact) mass is 301 g/mol. The Morgan fingerprint density at radius 3 is 1.48 bits per heavy atom. The van der Waals surface area contributed by atoms with Gasteiger partial charge in [-0.25, -0.2) is 5.01 Å². The number of fused-ring (bicyclic) bond motifs is 2. The molecule has 0 unspecified atom stereocenters. The van der Waals surface area contributed by atoms with Gasteiger partial charge in [0.2, 0.25) is 0 Å². The van der Waals surface area contributed by atoms with Gasteiger partial charge in [0.15, 0.2) is 0 Å². The Balaban J connectivity index is 2.01. The van der Waals surface area contributed by atoms with Crippen LogP contribution in [0.5, 0.6) is 0 Å². The molecule has 0 N–H and O–H groups in total. The van der Waals surface area contributed by atoms with E-state index in [0.717, 1.165) is 0 Å². The van der Waals surface area contributed by atoms with Crippen molar-refractivity contribution in [1.82, 2.24) is 5.01 Å². The fourth-order valence-corrected chi connectivity index (χ4v) is 3.21. The number of nitrogens with zero attached hydrogens (tertiary/aromatic N) is 3. The van der Waals surface area contributed by atoms with Gasteiger partial charge in [-0.15, -0.1) is 0 Å². The summed E-state index contributed by atoms with van der Waals surface area (Å²) < 4.78 is 0. The minimum atomic E-state index is 1.17. The predicted molar refractivity (Wildman–Crippen MR) is 97.0 cm³/mol. The third kappa shape index (κ3) is 2.17. The molecular formula is C20H19N3. The molecule has 0 radical (unpaired) electrons. The van der Waals surface area contributed by atoms with Crippen LogP contribution in [0.2, 0.25) is 0 Å². The number of hydrazine groups is 1. The highest BCUT2D eigenvalue weighted by molar-refractivity contribution is 5.97. The van der Waals surface area contributed by atoms with E-state index in [1.165, 1.54) is 28.4 Å². The molecule has 1 aliphatic rings. The van der Waals surface area contributed by atoms with E-state index in [1.54, 1.807) is 0 Å². The lowest BCUT2D eigenvalue weighted by Gasteiger charge is -2.42. The highest BCUT2D eigenvalue weighted by Gasteiger charge is 2.29. The number of hydrogen-bond donors (Lipinski definition) is 0. The van der Waals surface area contributed by atoms with Crippen LogP contribution in [0.3, 0.4) is 0 Å². The van der Waals surface area contributed by atoms with Crippen LogP contribution >= 0.6 is 0 Å². The first-order valence-corrected chi connectivity index (χ1v) is 7.78. The molecule has 3 nitrogen and oxygen atoms in total. The van der Waals surface area contributed by atoms with E-state index in [4.69, 9.17) is 0 Å². The summed E-state index contributed by atoms with van der Waals surface area (Å²) in [6, 6.07) is 27.6. The Labute approximate surface area is 137 Å². The molecule has 0 bridgehead atoms. The van der Waals surface area contributed by atoms with Crippen molar-refractivity contribution in [3.63, 3.8) is 0 Å². The summed E-state index contributed by atoms with van der Waals surface area (Å²) in [5.74, 6) is 0. The first-order chi connectivity index (χ1) is 11.3. The molecule has 0 atom stereocenters. The molecule has 114 valence electrons. The molecule has 23 heavy (non-hydrogen) atoms. The van der Waals surface area contributed by atoms with E-state index < -0.39 is 0 Å². The number of anilines is 5. The smallest absolute Gasteiger partial charge is 0.0821 e. The summed E-state index contributed by atoms with van der Waals surface area (Å²) in [6.07, 6.45) is 0. The lowest BCUT2D eigenvalue weighted by molar-refractivity contribution is 0.417. The largest absolute Gasteiger partial charge is 0.306 e. The molecule has 3 aromatic carbocycles. The van der Waals surface area contributed by atoms with E-state index >= 15 is 0 Å². The van der Waals surface area contributed by atoms with Crippen LogP contribution in [0.15, 0.2) is 78.9 Å². The summed E-state index contributed by atoms with van der Waals surface area (Å²) in [6.45, 7) is 0. The van der Waals surface area contributed by atoms with E-state index in [2.05, 4.69) is 108 Å². The van der Waals surface area contributed by atoms with Crippen LogP contribution in [0.1, 0.15) is 0 Å². The number of para-hydroxylation sites is 5. The zero-order chi connectivity index (χ0) is 15.8. The highest BCUT2D eigenvalue weighted by atomic mass is 15.6. The second-order valence-corrected chi connectivity index (χ2v) is 5.81. The maximum Gasteiger partial charge on any atom is 0.0821 e. The Kier molecular flexibility index (Phi) is 3.28. The highest BCUT2D eigenvalue weighted by Crippen LogP contribution is 2.51. The molecule has 0 aromatic heterocycles. The summed E-state index contributed by atoms with van der Waals surface area (Å²) in [4.78, 5) is 2.32. The lowest BCUT2D eigenvalue weighted by atomic mass is 10.1. The Hall–Kier alpha value is -2.78. The van der Waals surface area contributed by atoms with Crippen molar-refractivity contribution in [2.24, 2.45) is 0 Å². The topological polar surface area (TPSA) is 9.72 Å². The Bertz CT molecular complexity index is 780. The zero-order valence-electron chi connectivity index (χ0n) is 13.3. The third-order valence-electron chi connectivity index (χ3n) is 4.12. The maximum absolute atomic E-state index is 2.32. The van der Waals surface area contributed by atoms with Crippen LogP contribution in [-0.4, -0.2) is 19.1 Å². The van der Waals surface area contributed by atoms with Gasteiger partial charge in [-0.1, -0.05) is 42.5 Å². The van der Waals surface area contributed by atoms with Crippen LogP contribution in [0.4, 0.5) is 28.4 Å².